The minimum absolute atomic E-state index is 0.642. The maximum absolute atomic E-state index is 5.21. The molecule has 0 N–H and O–H groups in total. The Bertz CT molecular complexity index is 3260. The van der Waals surface area contributed by atoms with Gasteiger partial charge in [0.2, 0.25) is 0 Å². The minimum Gasteiger partial charge on any atom is -0.208 e. The number of hydrogen-bond acceptors (Lipinski definition) is 3. The normalized spacial score (nSPS) is 11.4. The maximum atomic E-state index is 5.21. The number of hydrogen-bond donors (Lipinski definition) is 0. The molecule has 1 heterocycles. The van der Waals surface area contributed by atoms with E-state index in [-0.39, 0.29) is 0 Å². The molecule has 270 valence electrons. The second kappa shape index (κ2) is 14.1. The smallest absolute Gasteiger partial charge is 0.164 e. The molecule has 58 heavy (non-hydrogen) atoms. The third-order valence-corrected chi connectivity index (χ3v) is 11.3. The van der Waals surface area contributed by atoms with E-state index in [1.807, 2.05) is 18.2 Å². The first-order chi connectivity index (χ1) is 28.8. The summed E-state index contributed by atoms with van der Waals surface area (Å²) in [5.41, 5.74) is 10.1. The van der Waals surface area contributed by atoms with Crippen molar-refractivity contribution < 1.29 is 0 Å². The molecule has 11 rings (SSSR count). The van der Waals surface area contributed by atoms with E-state index in [1.54, 1.807) is 0 Å². The largest absolute Gasteiger partial charge is 0.208 e. The molecule has 1 aromatic heterocycles. The second-order valence-electron chi connectivity index (χ2n) is 14.7. The fourth-order valence-corrected chi connectivity index (χ4v) is 8.57. The first-order valence-corrected chi connectivity index (χ1v) is 19.7. The van der Waals surface area contributed by atoms with Crippen LogP contribution in [0.15, 0.2) is 212 Å². The van der Waals surface area contributed by atoms with Crippen molar-refractivity contribution in [2.75, 3.05) is 0 Å². The lowest BCUT2D eigenvalue weighted by Crippen LogP contribution is -2.01. The van der Waals surface area contributed by atoms with Gasteiger partial charge >= 0.3 is 0 Å². The molecule has 0 spiro atoms. The highest BCUT2D eigenvalue weighted by molar-refractivity contribution is 6.24. The summed E-state index contributed by atoms with van der Waals surface area (Å²) in [6, 6.07) is 75.4. The summed E-state index contributed by atoms with van der Waals surface area (Å²) < 4.78 is 0. The van der Waals surface area contributed by atoms with Crippen molar-refractivity contribution in [3.63, 3.8) is 0 Å². The topological polar surface area (TPSA) is 38.7 Å². The molecule has 0 radical (unpaired) electrons. The van der Waals surface area contributed by atoms with Crippen molar-refractivity contribution in [1.82, 2.24) is 15.0 Å². The van der Waals surface area contributed by atoms with Crippen LogP contribution in [0.5, 0.6) is 0 Å². The molecular weight excluding hydrogens is 703 g/mol. The summed E-state index contributed by atoms with van der Waals surface area (Å²) in [5.74, 6) is 1.93. The molecule has 0 atom stereocenters. The SMILES string of the molecule is c1ccc(-c2ccc(-c3c4ccccc4c(-c4ccc(-c5nc(-c6ccccc6)nc(-c6ccc7ccccc7c6)n5)c5ccccc45)c4ccccc34)cc2)cc1. The molecule has 0 amide bonds. The van der Waals surface area contributed by atoms with Crippen LogP contribution in [0.25, 0.3) is 111 Å². The number of rotatable bonds is 6. The van der Waals surface area contributed by atoms with Crippen molar-refractivity contribution >= 4 is 43.1 Å². The first kappa shape index (κ1) is 33.6. The van der Waals surface area contributed by atoms with Crippen LogP contribution in [0.1, 0.15) is 0 Å². The number of benzene rings is 10. The lowest BCUT2D eigenvalue weighted by atomic mass is 9.84. The maximum Gasteiger partial charge on any atom is 0.164 e. The lowest BCUT2D eigenvalue weighted by Gasteiger charge is -2.19. The van der Waals surface area contributed by atoms with Crippen LogP contribution in [0, 0.1) is 0 Å². The van der Waals surface area contributed by atoms with Crippen molar-refractivity contribution in [2.45, 2.75) is 0 Å². The van der Waals surface area contributed by atoms with Gasteiger partial charge in [-0.3, -0.25) is 0 Å². The standard InChI is InChI=1S/C55H35N3/c1-3-15-36(16-4-1)38-27-30-39(31-28-38)51-45-23-11-13-25-47(45)52(48-26-14-12-24-46(48)51)49-33-34-50(44-22-10-9-21-43(44)49)55-57-53(40-18-5-2-6-19-40)56-54(58-55)42-32-29-37-17-7-8-20-41(37)35-42/h1-35H. The molecule has 0 unspecified atom stereocenters. The van der Waals surface area contributed by atoms with Gasteiger partial charge in [-0.25, -0.2) is 15.0 Å². The van der Waals surface area contributed by atoms with Crippen LogP contribution < -0.4 is 0 Å². The average Bonchev–Trinajstić information content (AvgIpc) is 3.31. The van der Waals surface area contributed by atoms with Crippen LogP contribution in [0.3, 0.4) is 0 Å². The van der Waals surface area contributed by atoms with Gasteiger partial charge < -0.3 is 0 Å². The molecule has 3 heteroatoms. The molecule has 0 saturated heterocycles. The summed E-state index contributed by atoms with van der Waals surface area (Å²) in [6.45, 7) is 0. The van der Waals surface area contributed by atoms with Crippen LogP contribution in [0.2, 0.25) is 0 Å². The Kier molecular flexibility index (Phi) is 8.15. The summed E-state index contributed by atoms with van der Waals surface area (Å²) in [7, 11) is 0. The van der Waals surface area contributed by atoms with Crippen molar-refractivity contribution in [3.05, 3.63) is 212 Å². The van der Waals surface area contributed by atoms with Gasteiger partial charge in [-0.2, -0.15) is 0 Å². The van der Waals surface area contributed by atoms with Gasteiger partial charge in [0, 0.05) is 16.7 Å². The van der Waals surface area contributed by atoms with E-state index in [2.05, 4.69) is 194 Å². The third kappa shape index (κ3) is 5.80. The highest BCUT2D eigenvalue weighted by Gasteiger charge is 2.21. The molecule has 3 nitrogen and oxygen atoms in total. The minimum atomic E-state index is 0.642. The lowest BCUT2D eigenvalue weighted by molar-refractivity contribution is 1.08. The van der Waals surface area contributed by atoms with Crippen LogP contribution in [0.4, 0.5) is 0 Å². The Morgan fingerprint density at radius 1 is 0.224 bits per heavy atom. The molecule has 0 aliphatic heterocycles. The van der Waals surface area contributed by atoms with Gasteiger partial charge in [-0.1, -0.05) is 200 Å². The molecule has 0 saturated carbocycles. The first-order valence-electron chi connectivity index (χ1n) is 19.7. The Hall–Kier alpha value is -7.75. The summed E-state index contributed by atoms with van der Waals surface area (Å²) >= 11 is 0. The highest BCUT2D eigenvalue weighted by atomic mass is 15.0. The fourth-order valence-electron chi connectivity index (χ4n) is 8.57. The van der Waals surface area contributed by atoms with Gasteiger partial charge in [-0.15, -0.1) is 0 Å². The molecule has 0 fully saturated rings. The quantitative estimate of drug-likeness (QED) is 0.160. The van der Waals surface area contributed by atoms with Crippen molar-refractivity contribution in [3.8, 4) is 67.5 Å². The predicted octanol–water partition coefficient (Wildman–Crippen LogP) is 14.5. The molecule has 0 bridgehead atoms. The van der Waals surface area contributed by atoms with Crippen LogP contribution in [-0.4, -0.2) is 15.0 Å². The van der Waals surface area contributed by atoms with Gasteiger partial charge in [-0.05, 0) is 88.6 Å². The zero-order chi connectivity index (χ0) is 38.4. The summed E-state index contributed by atoms with van der Waals surface area (Å²) in [5, 5.41) is 9.43. The zero-order valence-corrected chi connectivity index (χ0v) is 31.5. The van der Waals surface area contributed by atoms with Crippen LogP contribution in [-0.2, 0) is 0 Å². The van der Waals surface area contributed by atoms with Gasteiger partial charge in [0.25, 0.3) is 0 Å². The van der Waals surface area contributed by atoms with Gasteiger partial charge in [0.15, 0.2) is 17.5 Å². The molecular formula is C55H35N3. The summed E-state index contributed by atoms with van der Waals surface area (Å²) in [4.78, 5) is 15.4. The number of aromatic nitrogens is 3. The monoisotopic (exact) mass is 737 g/mol. The second-order valence-corrected chi connectivity index (χ2v) is 14.7. The molecule has 11 aromatic rings. The van der Waals surface area contributed by atoms with Crippen molar-refractivity contribution in [2.24, 2.45) is 0 Å². The average molecular weight is 738 g/mol. The third-order valence-electron chi connectivity index (χ3n) is 11.3. The Morgan fingerprint density at radius 3 is 1.28 bits per heavy atom. The van der Waals surface area contributed by atoms with E-state index in [1.165, 1.54) is 60.3 Å². The van der Waals surface area contributed by atoms with Gasteiger partial charge in [0.05, 0.1) is 0 Å². The van der Waals surface area contributed by atoms with E-state index in [4.69, 9.17) is 15.0 Å². The van der Waals surface area contributed by atoms with E-state index in [9.17, 15) is 0 Å². The van der Waals surface area contributed by atoms with Gasteiger partial charge in [0.1, 0.15) is 0 Å². The van der Waals surface area contributed by atoms with Crippen molar-refractivity contribution in [1.29, 1.82) is 0 Å². The van der Waals surface area contributed by atoms with E-state index in [0.717, 1.165) is 32.8 Å². The fraction of sp³-hybridized carbons (Fsp3) is 0. The molecule has 0 aliphatic rings. The Labute approximate surface area is 336 Å². The Morgan fingerprint density at radius 2 is 0.638 bits per heavy atom. The predicted molar refractivity (Wildman–Crippen MR) is 242 cm³/mol. The Balaban J connectivity index is 1.11. The number of nitrogens with zero attached hydrogens (tertiary/aromatic N) is 3. The van der Waals surface area contributed by atoms with E-state index >= 15 is 0 Å². The molecule has 10 aromatic carbocycles. The zero-order valence-electron chi connectivity index (χ0n) is 31.5. The number of fused-ring (bicyclic) bond motifs is 4. The van der Waals surface area contributed by atoms with Crippen LogP contribution >= 0.6 is 0 Å². The highest BCUT2D eigenvalue weighted by Crippen LogP contribution is 2.46. The van der Waals surface area contributed by atoms with E-state index in [0.29, 0.717) is 17.5 Å². The summed E-state index contributed by atoms with van der Waals surface area (Å²) in [6.07, 6.45) is 0. The molecule has 0 aliphatic carbocycles. The van der Waals surface area contributed by atoms with E-state index < -0.39 is 0 Å².